The fraction of sp³-hybridized carbons (Fsp3) is 0.900. The third-order valence-electron chi connectivity index (χ3n) is 2.73. The molecule has 6 nitrogen and oxygen atoms in total. The van der Waals surface area contributed by atoms with Gasteiger partial charge < -0.3 is 5.73 Å². The van der Waals surface area contributed by atoms with E-state index in [1.165, 1.54) is 4.80 Å². The lowest BCUT2D eigenvalue weighted by molar-refractivity contribution is 0.114. The highest BCUT2D eigenvalue weighted by molar-refractivity contribution is 4.87. The number of rotatable bonds is 6. The van der Waals surface area contributed by atoms with E-state index >= 15 is 0 Å². The van der Waals surface area contributed by atoms with E-state index in [0.717, 1.165) is 18.8 Å². The highest BCUT2D eigenvalue weighted by Crippen LogP contribution is 2.15. The number of hydrogen-bond acceptors (Lipinski definition) is 5. The van der Waals surface area contributed by atoms with Gasteiger partial charge >= 0.3 is 0 Å². The summed E-state index contributed by atoms with van der Waals surface area (Å²) in [4.78, 5) is 3.78. The van der Waals surface area contributed by atoms with Gasteiger partial charge in [0.05, 0.1) is 13.6 Å². The number of nitrogens with two attached hydrogens (primary N) is 1. The van der Waals surface area contributed by atoms with Gasteiger partial charge in [0.15, 0.2) is 5.82 Å². The predicted molar refractivity (Wildman–Crippen MR) is 62.6 cm³/mol. The number of aryl methyl sites for hydroxylation is 1. The van der Waals surface area contributed by atoms with Crippen LogP contribution in [0.3, 0.4) is 0 Å². The van der Waals surface area contributed by atoms with Crippen LogP contribution in [0.2, 0.25) is 0 Å². The maximum absolute atomic E-state index is 5.79. The van der Waals surface area contributed by atoms with Gasteiger partial charge in [-0.25, -0.2) is 0 Å². The summed E-state index contributed by atoms with van der Waals surface area (Å²) in [6, 6.07) is 0. The first kappa shape index (κ1) is 13.1. The largest absolute Gasteiger partial charge is 0.329 e. The summed E-state index contributed by atoms with van der Waals surface area (Å²) in [7, 11) is 1.77. The van der Waals surface area contributed by atoms with E-state index in [9.17, 15) is 0 Å². The zero-order valence-corrected chi connectivity index (χ0v) is 10.6. The number of aromatic nitrogens is 4. The minimum atomic E-state index is -0.0325. The fourth-order valence-electron chi connectivity index (χ4n) is 1.55. The summed E-state index contributed by atoms with van der Waals surface area (Å²) in [6.07, 6.45) is 1.09. The fourth-order valence-corrected chi connectivity index (χ4v) is 1.55. The Morgan fingerprint density at radius 1 is 1.44 bits per heavy atom. The molecule has 6 heteroatoms. The van der Waals surface area contributed by atoms with E-state index in [2.05, 4.69) is 41.1 Å². The molecule has 0 aliphatic heterocycles. The quantitative estimate of drug-likeness (QED) is 0.748. The topological polar surface area (TPSA) is 72.9 Å². The Bertz CT molecular complexity index is 319. The molecule has 0 bridgehead atoms. The first-order valence-electron chi connectivity index (χ1n) is 5.67. The van der Waals surface area contributed by atoms with E-state index in [4.69, 9.17) is 5.73 Å². The lowest BCUT2D eigenvalue weighted by Crippen LogP contribution is -2.49. The standard InChI is InChI=1S/C10H22N6/c1-5-6-16(10(2,3)8-11)7-9-12-14-15(4)13-9/h5-8,11H2,1-4H3. The van der Waals surface area contributed by atoms with Crippen LogP contribution in [0, 0.1) is 0 Å². The monoisotopic (exact) mass is 226 g/mol. The Balaban J connectivity index is 2.71. The minimum Gasteiger partial charge on any atom is -0.329 e. The van der Waals surface area contributed by atoms with E-state index in [1.54, 1.807) is 7.05 Å². The Morgan fingerprint density at radius 3 is 2.56 bits per heavy atom. The second-order valence-corrected chi connectivity index (χ2v) is 4.63. The normalized spacial score (nSPS) is 12.4. The van der Waals surface area contributed by atoms with E-state index in [1.807, 2.05) is 0 Å². The van der Waals surface area contributed by atoms with Crippen molar-refractivity contribution in [2.75, 3.05) is 13.1 Å². The van der Waals surface area contributed by atoms with Crippen molar-refractivity contribution in [3.63, 3.8) is 0 Å². The third-order valence-corrected chi connectivity index (χ3v) is 2.73. The molecule has 0 saturated carbocycles. The molecule has 0 amide bonds. The minimum absolute atomic E-state index is 0.0325. The summed E-state index contributed by atoms with van der Waals surface area (Å²) >= 11 is 0. The van der Waals surface area contributed by atoms with Crippen LogP contribution < -0.4 is 5.73 Å². The Morgan fingerprint density at radius 2 is 2.12 bits per heavy atom. The molecule has 1 aromatic rings. The molecule has 0 aliphatic rings. The van der Waals surface area contributed by atoms with Crippen LogP contribution in [0.25, 0.3) is 0 Å². The molecule has 0 radical (unpaired) electrons. The second-order valence-electron chi connectivity index (χ2n) is 4.63. The molecule has 0 fully saturated rings. The molecule has 1 aromatic heterocycles. The number of hydrogen-bond donors (Lipinski definition) is 1. The lowest BCUT2D eigenvalue weighted by Gasteiger charge is -2.36. The molecule has 0 atom stereocenters. The van der Waals surface area contributed by atoms with Crippen molar-refractivity contribution in [1.29, 1.82) is 0 Å². The molecule has 92 valence electrons. The van der Waals surface area contributed by atoms with Crippen LogP contribution in [0.4, 0.5) is 0 Å². The third kappa shape index (κ3) is 3.24. The van der Waals surface area contributed by atoms with E-state index in [-0.39, 0.29) is 5.54 Å². The van der Waals surface area contributed by atoms with Crippen LogP contribution in [0.15, 0.2) is 0 Å². The average molecular weight is 226 g/mol. The highest BCUT2D eigenvalue weighted by atomic mass is 15.6. The maximum Gasteiger partial charge on any atom is 0.188 e. The first-order valence-corrected chi connectivity index (χ1v) is 5.67. The van der Waals surface area contributed by atoms with E-state index < -0.39 is 0 Å². The molecule has 16 heavy (non-hydrogen) atoms. The molecule has 2 N–H and O–H groups in total. The van der Waals surface area contributed by atoms with Crippen LogP contribution in [0.5, 0.6) is 0 Å². The molecule has 0 aliphatic carbocycles. The molecule has 0 spiro atoms. The van der Waals surface area contributed by atoms with Crippen LogP contribution >= 0.6 is 0 Å². The van der Waals surface area contributed by atoms with Crippen molar-refractivity contribution < 1.29 is 0 Å². The van der Waals surface area contributed by atoms with Gasteiger partial charge in [0.2, 0.25) is 0 Å². The van der Waals surface area contributed by atoms with Gasteiger partial charge in [-0.3, -0.25) is 4.90 Å². The maximum atomic E-state index is 5.79. The van der Waals surface area contributed by atoms with Gasteiger partial charge in [0, 0.05) is 12.1 Å². The second kappa shape index (κ2) is 5.36. The number of nitrogens with zero attached hydrogens (tertiary/aromatic N) is 5. The summed E-state index contributed by atoms with van der Waals surface area (Å²) < 4.78 is 0. The molecular formula is C10H22N6. The number of tetrazole rings is 1. The van der Waals surface area contributed by atoms with E-state index in [0.29, 0.717) is 13.1 Å². The van der Waals surface area contributed by atoms with Crippen LogP contribution in [-0.2, 0) is 13.6 Å². The van der Waals surface area contributed by atoms with Gasteiger partial charge in [-0.1, -0.05) is 6.92 Å². The van der Waals surface area contributed by atoms with Crippen molar-refractivity contribution in [2.45, 2.75) is 39.3 Å². The van der Waals surface area contributed by atoms with Gasteiger partial charge in [-0.15, -0.1) is 10.2 Å². The van der Waals surface area contributed by atoms with Gasteiger partial charge in [-0.05, 0) is 32.0 Å². The smallest absolute Gasteiger partial charge is 0.188 e. The van der Waals surface area contributed by atoms with Crippen molar-refractivity contribution in [3.05, 3.63) is 5.82 Å². The summed E-state index contributed by atoms with van der Waals surface area (Å²) in [5, 5.41) is 12.0. The lowest BCUT2D eigenvalue weighted by atomic mass is 10.0. The highest BCUT2D eigenvalue weighted by Gasteiger charge is 2.25. The SMILES string of the molecule is CCCN(Cc1nnn(C)n1)C(C)(C)CN. The first-order chi connectivity index (χ1) is 7.49. The molecule has 0 aromatic carbocycles. The molecule has 1 heterocycles. The Labute approximate surface area is 96.8 Å². The van der Waals surface area contributed by atoms with Crippen molar-refractivity contribution in [1.82, 2.24) is 25.1 Å². The van der Waals surface area contributed by atoms with Crippen molar-refractivity contribution in [2.24, 2.45) is 12.8 Å². The summed E-state index contributed by atoms with van der Waals surface area (Å²) in [5.41, 5.74) is 5.76. The Kier molecular flexibility index (Phi) is 4.37. The van der Waals surface area contributed by atoms with Crippen LogP contribution in [-0.4, -0.2) is 43.7 Å². The Hall–Kier alpha value is -1.01. The molecule has 1 rings (SSSR count). The van der Waals surface area contributed by atoms with Crippen molar-refractivity contribution >= 4 is 0 Å². The summed E-state index contributed by atoms with van der Waals surface area (Å²) in [5.74, 6) is 0.748. The molecular weight excluding hydrogens is 204 g/mol. The van der Waals surface area contributed by atoms with Crippen molar-refractivity contribution in [3.8, 4) is 0 Å². The van der Waals surface area contributed by atoms with Gasteiger partial charge in [-0.2, -0.15) is 4.80 Å². The molecule has 0 saturated heterocycles. The molecule has 0 unspecified atom stereocenters. The summed E-state index contributed by atoms with van der Waals surface area (Å²) in [6.45, 7) is 8.74. The zero-order chi connectivity index (χ0) is 12.2. The zero-order valence-electron chi connectivity index (χ0n) is 10.6. The predicted octanol–water partition coefficient (Wildman–Crippen LogP) is 0.159. The van der Waals surface area contributed by atoms with Gasteiger partial charge in [0.1, 0.15) is 0 Å². The van der Waals surface area contributed by atoms with Crippen LogP contribution in [0.1, 0.15) is 33.0 Å². The average Bonchev–Trinajstić information content (AvgIpc) is 2.63. The van der Waals surface area contributed by atoms with Gasteiger partial charge in [0.25, 0.3) is 0 Å².